The van der Waals surface area contributed by atoms with Crippen LogP contribution in [0.15, 0.2) is 24.3 Å². The SMILES string of the molecule is CNC1CCC(c2cccc(F)c2)(N(C)C)CC1. The van der Waals surface area contributed by atoms with Crippen LogP contribution in [-0.4, -0.2) is 32.1 Å². The molecule has 18 heavy (non-hydrogen) atoms. The van der Waals surface area contributed by atoms with Crippen molar-refractivity contribution in [2.24, 2.45) is 0 Å². The minimum absolute atomic E-state index is 0.00451. The molecule has 1 aliphatic rings. The Balaban J connectivity index is 2.29. The second-order valence-corrected chi connectivity index (χ2v) is 5.50. The molecule has 1 aromatic rings. The molecule has 0 heterocycles. The average Bonchev–Trinajstić information content (AvgIpc) is 2.38. The van der Waals surface area contributed by atoms with Crippen molar-refractivity contribution >= 4 is 0 Å². The minimum atomic E-state index is -0.135. The van der Waals surface area contributed by atoms with Gasteiger partial charge < -0.3 is 5.32 Å². The number of benzene rings is 1. The molecule has 2 rings (SSSR count). The Hall–Kier alpha value is -0.930. The largest absolute Gasteiger partial charge is 0.317 e. The van der Waals surface area contributed by atoms with E-state index in [0.29, 0.717) is 6.04 Å². The van der Waals surface area contributed by atoms with E-state index in [9.17, 15) is 4.39 Å². The first-order valence-electron chi connectivity index (χ1n) is 6.69. The third-order valence-electron chi connectivity index (χ3n) is 4.44. The Morgan fingerprint density at radius 2 is 1.94 bits per heavy atom. The standard InChI is InChI=1S/C15H23FN2/c1-17-14-7-9-15(10-8-14,18(2)3)12-5-4-6-13(16)11-12/h4-6,11,14,17H,7-10H2,1-3H3. The lowest BCUT2D eigenvalue weighted by molar-refractivity contribution is 0.0867. The molecule has 1 aromatic carbocycles. The number of halogens is 1. The maximum absolute atomic E-state index is 13.5. The van der Waals surface area contributed by atoms with E-state index in [1.807, 2.05) is 13.1 Å². The summed E-state index contributed by atoms with van der Waals surface area (Å²) in [5, 5.41) is 3.35. The molecule has 1 saturated carbocycles. The lowest BCUT2D eigenvalue weighted by atomic mass is 9.74. The van der Waals surface area contributed by atoms with Crippen molar-refractivity contribution in [2.45, 2.75) is 37.3 Å². The Morgan fingerprint density at radius 3 is 2.44 bits per heavy atom. The molecule has 0 spiro atoms. The zero-order valence-corrected chi connectivity index (χ0v) is 11.5. The van der Waals surface area contributed by atoms with E-state index in [-0.39, 0.29) is 11.4 Å². The molecule has 0 unspecified atom stereocenters. The molecule has 1 fully saturated rings. The number of hydrogen-bond donors (Lipinski definition) is 1. The Kier molecular flexibility index (Phi) is 4.03. The highest BCUT2D eigenvalue weighted by Crippen LogP contribution is 2.41. The molecule has 1 N–H and O–H groups in total. The van der Waals surface area contributed by atoms with Crippen LogP contribution in [0.4, 0.5) is 4.39 Å². The first-order valence-corrected chi connectivity index (χ1v) is 6.69. The van der Waals surface area contributed by atoms with Gasteiger partial charge in [0.15, 0.2) is 0 Å². The quantitative estimate of drug-likeness (QED) is 0.887. The summed E-state index contributed by atoms with van der Waals surface area (Å²) in [6.45, 7) is 0. The molecular weight excluding hydrogens is 227 g/mol. The molecule has 0 aromatic heterocycles. The highest BCUT2D eigenvalue weighted by molar-refractivity contribution is 5.26. The normalized spacial score (nSPS) is 28.6. The summed E-state index contributed by atoms with van der Waals surface area (Å²) < 4.78 is 13.5. The fourth-order valence-electron chi connectivity index (χ4n) is 3.16. The molecule has 2 nitrogen and oxygen atoms in total. The molecule has 1 aliphatic carbocycles. The number of hydrogen-bond acceptors (Lipinski definition) is 2. The highest BCUT2D eigenvalue weighted by atomic mass is 19.1. The molecular formula is C15H23FN2. The Morgan fingerprint density at radius 1 is 1.28 bits per heavy atom. The van der Waals surface area contributed by atoms with Crippen LogP contribution in [-0.2, 0) is 5.54 Å². The van der Waals surface area contributed by atoms with E-state index >= 15 is 0 Å². The molecule has 0 amide bonds. The topological polar surface area (TPSA) is 15.3 Å². The highest BCUT2D eigenvalue weighted by Gasteiger charge is 2.38. The van der Waals surface area contributed by atoms with Crippen molar-refractivity contribution in [1.29, 1.82) is 0 Å². The molecule has 0 aliphatic heterocycles. The summed E-state index contributed by atoms with van der Waals surface area (Å²) in [6.07, 6.45) is 4.44. The minimum Gasteiger partial charge on any atom is -0.317 e. The Bertz CT molecular complexity index is 395. The van der Waals surface area contributed by atoms with Crippen LogP contribution in [0.5, 0.6) is 0 Å². The zero-order valence-electron chi connectivity index (χ0n) is 11.5. The van der Waals surface area contributed by atoms with E-state index in [0.717, 1.165) is 31.2 Å². The van der Waals surface area contributed by atoms with Gasteiger partial charge in [0.1, 0.15) is 5.82 Å². The molecule has 0 bridgehead atoms. The summed E-state index contributed by atoms with van der Waals surface area (Å²) in [7, 11) is 6.23. The van der Waals surface area contributed by atoms with Gasteiger partial charge >= 0.3 is 0 Å². The maximum atomic E-state index is 13.5. The lowest BCUT2D eigenvalue weighted by Gasteiger charge is -2.45. The van der Waals surface area contributed by atoms with Crippen molar-refractivity contribution in [3.05, 3.63) is 35.6 Å². The fraction of sp³-hybridized carbons (Fsp3) is 0.600. The molecule has 100 valence electrons. The second kappa shape index (κ2) is 5.37. The molecule has 3 heteroatoms. The van der Waals surface area contributed by atoms with Crippen molar-refractivity contribution in [3.8, 4) is 0 Å². The van der Waals surface area contributed by atoms with Crippen LogP contribution in [0.25, 0.3) is 0 Å². The van der Waals surface area contributed by atoms with Crippen LogP contribution in [0.2, 0.25) is 0 Å². The van der Waals surface area contributed by atoms with Gasteiger partial charge in [-0.15, -0.1) is 0 Å². The van der Waals surface area contributed by atoms with E-state index in [1.165, 1.54) is 6.07 Å². The van der Waals surface area contributed by atoms with Gasteiger partial charge in [0.25, 0.3) is 0 Å². The van der Waals surface area contributed by atoms with Gasteiger partial charge in [-0.2, -0.15) is 0 Å². The van der Waals surface area contributed by atoms with E-state index < -0.39 is 0 Å². The predicted octanol–water partition coefficient (Wildman–Crippen LogP) is 2.74. The number of nitrogens with zero attached hydrogens (tertiary/aromatic N) is 1. The van der Waals surface area contributed by atoms with Crippen LogP contribution in [0.1, 0.15) is 31.2 Å². The van der Waals surface area contributed by atoms with Crippen molar-refractivity contribution < 1.29 is 4.39 Å². The van der Waals surface area contributed by atoms with Crippen LogP contribution in [0, 0.1) is 5.82 Å². The summed E-state index contributed by atoms with van der Waals surface area (Å²) in [5.41, 5.74) is 1.11. The summed E-state index contributed by atoms with van der Waals surface area (Å²) in [5.74, 6) is -0.135. The molecule has 0 saturated heterocycles. The van der Waals surface area contributed by atoms with Crippen molar-refractivity contribution in [1.82, 2.24) is 10.2 Å². The van der Waals surface area contributed by atoms with Crippen molar-refractivity contribution in [3.63, 3.8) is 0 Å². The van der Waals surface area contributed by atoms with Crippen LogP contribution in [0.3, 0.4) is 0 Å². The Labute approximate surface area is 109 Å². The number of nitrogens with one attached hydrogen (secondary N) is 1. The van der Waals surface area contributed by atoms with E-state index in [1.54, 1.807) is 6.07 Å². The maximum Gasteiger partial charge on any atom is 0.123 e. The summed E-state index contributed by atoms with van der Waals surface area (Å²) in [4.78, 5) is 2.26. The fourth-order valence-corrected chi connectivity index (χ4v) is 3.16. The third-order valence-corrected chi connectivity index (χ3v) is 4.44. The summed E-state index contributed by atoms with van der Waals surface area (Å²) >= 11 is 0. The number of rotatable bonds is 3. The first-order chi connectivity index (χ1) is 8.58. The van der Waals surface area contributed by atoms with Gasteiger partial charge in [0, 0.05) is 11.6 Å². The predicted molar refractivity (Wildman–Crippen MR) is 73.1 cm³/mol. The van der Waals surface area contributed by atoms with Crippen LogP contribution < -0.4 is 5.32 Å². The second-order valence-electron chi connectivity index (χ2n) is 5.50. The lowest BCUT2D eigenvalue weighted by Crippen LogP contribution is -2.47. The van der Waals surface area contributed by atoms with Gasteiger partial charge in [-0.25, -0.2) is 4.39 Å². The van der Waals surface area contributed by atoms with Gasteiger partial charge in [-0.05, 0) is 64.5 Å². The zero-order chi connectivity index (χ0) is 13.2. The monoisotopic (exact) mass is 250 g/mol. The van der Waals surface area contributed by atoms with Gasteiger partial charge in [-0.3, -0.25) is 4.90 Å². The van der Waals surface area contributed by atoms with Crippen molar-refractivity contribution in [2.75, 3.05) is 21.1 Å². The van der Waals surface area contributed by atoms with Gasteiger partial charge in [-0.1, -0.05) is 12.1 Å². The van der Waals surface area contributed by atoms with E-state index in [4.69, 9.17) is 0 Å². The van der Waals surface area contributed by atoms with E-state index in [2.05, 4.69) is 30.4 Å². The molecule has 0 radical (unpaired) electrons. The van der Waals surface area contributed by atoms with Gasteiger partial charge in [0.05, 0.1) is 0 Å². The van der Waals surface area contributed by atoms with Gasteiger partial charge in [0.2, 0.25) is 0 Å². The first kappa shape index (κ1) is 13.5. The van der Waals surface area contributed by atoms with Crippen LogP contribution >= 0.6 is 0 Å². The molecule has 0 atom stereocenters. The average molecular weight is 250 g/mol. The smallest absolute Gasteiger partial charge is 0.123 e. The third kappa shape index (κ3) is 2.43. The summed E-state index contributed by atoms with van der Waals surface area (Å²) in [6, 6.07) is 7.70.